The van der Waals surface area contributed by atoms with Gasteiger partial charge in [0.2, 0.25) is 5.91 Å². The van der Waals surface area contributed by atoms with Crippen LogP contribution >= 0.6 is 0 Å². The lowest BCUT2D eigenvalue weighted by Gasteiger charge is -2.24. The van der Waals surface area contributed by atoms with Gasteiger partial charge < -0.3 is 11.1 Å². The second-order valence-corrected chi connectivity index (χ2v) is 7.81. The van der Waals surface area contributed by atoms with Crippen LogP contribution in [0.3, 0.4) is 0 Å². The molecule has 0 saturated carbocycles. The monoisotopic (exact) mass is 424 g/mol. The molecular formula is C22H24N4O3S. The third-order valence-electron chi connectivity index (χ3n) is 4.80. The quantitative estimate of drug-likeness (QED) is 0.517. The van der Waals surface area contributed by atoms with E-state index in [-0.39, 0.29) is 12.5 Å². The van der Waals surface area contributed by atoms with Crippen molar-refractivity contribution in [3.8, 4) is 11.1 Å². The summed E-state index contributed by atoms with van der Waals surface area (Å²) in [5.41, 5.74) is 12.0. The molecule has 0 fully saturated rings. The Morgan fingerprint density at radius 2 is 1.87 bits per heavy atom. The van der Waals surface area contributed by atoms with Crippen molar-refractivity contribution in [2.24, 2.45) is 5.73 Å². The highest BCUT2D eigenvalue weighted by molar-refractivity contribution is 7.81. The minimum atomic E-state index is -2.30. The molecule has 30 heavy (non-hydrogen) atoms. The molecule has 0 saturated heterocycles. The van der Waals surface area contributed by atoms with E-state index in [0.29, 0.717) is 17.1 Å². The van der Waals surface area contributed by atoms with Crippen molar-refractivity contribution in [2.75, 3.05) is 9.62 Å². The predicted molar refractivity (Wildman–Crippen MR) is 121 cm³/mol. The number of pyridine rings is 1. The first-order valence-corrected chi connectivity index (χ1v) is 10.4. The van der Waals surface area contributed by atoms with Crippen molar-refractivity contribution in [3.63, 3.8) is 0 Å². The first-order chi connectivity index (χ1) is 14.3. The molecule has 8 heteroatoms. The van der Waals surface area contributed by atoms with Crippen LogP contribution < -0.4 is 15.4 Å². The van der Waals surface area contributed by atoms with Crippen molar-refractivity contribution in [1.29, 1.82) is 0 Å². The molecule has 1 unspecified atom stereocenters. The Hall–Kier alpha value is -3.07. The molecule has 1 amide bonds. The average molecular weight is 425 g/mol. The fourth-order valence-corrected chi connectivity index (χ4v) is 3.77. The second-order valence-electron chi connectivity index (χ2n) is 6.98. The number of carbonyl (C=O) groups excluding carboxylic acids is 1. The fourth-order valence-electron chi connectivity index (χ4n) is 3.14. The van der Waals surface area contributed by atoms with Gasteiger partial charge in [0.1, 0.15) is 0 Å². The van der Waals surface area contributed by atoms with Gasteiger partial charge in [-0.1, -0.05) is 18.2 Å². The highest BCUT2D eigenvalue weighted by Gasteiger charge is 2.20. The maximum atomic E-state index is 12.3. The zero-order chi connectivity index (χ0) is 21.8. The van der Waals surface area contributed by atoms with Gasteiger partial charge in [0.25, 0.3) is 11.3 Å². The minimum absolute atomic E-state index is 0.190. The van der Waals surface area contributed by atoms with Crippen molar-refractivity contribution >= 4 is 34.2 Å². The first-order valence-electron chi connectivity index (χ1n) is 9.34. The van der Waals surface area contributed by atoms with Gasteiger partial charge in [-0.05, 0) is 60.4 Å². The molecule has 1 heterocycles. The molecule has 0 aliphatic carbocycles. The maximum absolute atomic E-state index is 12.3. The van der Waals surface area contributed by atoms with Crippen molar-refractivity contribution < 1.29 is 13.6 Å². The molecule has 0 aliphatic rings. The normalized spacial score (nSPS) is 11.8. The van der Waals surface area contributed by atoms with Crippen LogP contribution in [0.25, 0.3) is 11.1 Å². The van der Waals surface area contributed by atoms with E-state index in [4.69, 9.17) is 5.73 Å². The summed E-state index contributed by atoms with van der Waals surface area (Å²) >= 11 is -2.30. The number of aryl methyl sites for hydroxylation is 2. The van der Waals surface area contributed by atoms with E-state index >= 15 is 0 Å². The lowest BCUT2D eigenvalue weighted by molar-refractivity contribution is -0.114. The number of carbonyl (C=O) groups is 1. The van der Waals surface area contributed by atoms with Crippen LogP contribution in [0.15, 0.2) is 54.9 Å². The third-order valence-corrected chi connectivity index (χ3v) is 5.52. The number of nitrogens with one attached hydrogen (secondary N) is 1. The summed E-state index contributed by atoms with van der Waals surface area (Å²) in [4.78, 5) is 15.5. The molecule has 1 atom stereocenters. The standard InChI is InChI=1S/C22H24N4O3S/c1-14-4-7-21(8-15(14)2)26(30(28)29)22-10-17(5-6-18(22)11-23)19-9-20(13-24-12-19)25-16(3)27/h4-10,12-13H,11,23H2,1-3H3,(H,25,27)(H,28,29). The van der Waals surface area contributed by atoms with Gasteiger partial charge in [-0.3, -0.25) is 14.3 Å². The van der Waals surface area contributed by atoms with Gasteiger partial charge in [0, 0.05) is 25.2 Å². The number of rotatable bonds is 6. The van der Waals surface area contributed by atoms with E-state index in [1.165, 1.54) is 11.2 Å². The zero-order valence-corrected chi connectivity index (χ0v) is 17.9. The van der Waals surface area contributed by atoms with Gasteiger partial charge in [0.15, 0.2) is 0 Å². The third kappa shape index (κ3) is 4.73. The van der Waals surface area contributed by atoms with E-state index in [0.717, 1.165) is 27.8 Å². The van der Waals surface area contributed by atoms with Crippen molar-refractivity contribution in [1.82, 2.24) is 4.98 Å². The Morgan fingerprint density at radius 1 is 1.10 bits per heavy atom. The van der Waals surface area contributed by atoms with Crippen LogP contribution in [-0.2, 0) is 22.6 Å². The van der Waals surface area contributed by atoms with Crippen LogP contribution in [0.4, 0.5) is 17.1 Å². The number of hydrogen-bond donors (Lipinski definition) is 3. The van der Waals surface area contributed by atoms with E-state index in [1.54, 1.807) is 24.5 Å². The fraction of sp³-hybridized carbons (Fsp3) is 0.182. The Bertz CT molecular complexity index is 1120. The van der Waals surface area contributed by atoms with Crippen molar-refractivity contribution in [3.05, 3.63) is 71.5 Å². The molecule has 2 aromatic carbocycles. The van der Waals surface area contributed by atoms with Gasteiger partial charge in [-0.2, -0.15) is 0 Å². The van der Waals surface area contributed by atoms with Crippen LogP contribution in [0, 0.1) is 13.8 Å². The predicted octanol–water partition coefficient (Wildman–Crippen LogP) is 4.06. The van der Waals surface area contributed by atoms with Gasteiger partial charge >= 0.3 is 0 Å². The Kier molecular flexibility index (Phi) is 6.61. The SMILES string of the molecule is CC(=O)Nc1cncc(-c2ccc(CN)c(N(c3ccc(C)c(C)c3)S(=O)O)c2)c1. The molecule has 1 aromatic heterocycles. The zero-order valence-electron chi connectivity index (χ0n) is 17.0. The van der Waals surface area contributed by atoms with Gasteiger partial charge in [-0.25, -0.2) is 8.51 Å². The average Bonchev–Trinajstić information content (AvgIpc) is 2.70. The number of benzene rings is 2. The minimum Gasteiger partial charge on any atom is -0.326 e. The lowest BCUT2D eigenvalue weighted by atomic mass is 10.0. The Morgan fingerprint density at radius 3 is 2.50 bits per heavy atom. The van der Waals surface area contributed by atoms with Crippen molar-refractivity contribution in [2.45, 2.75) is 27.3 Å². The van der Waals surface area contributed by atoms with Crippen LogP contribution in [-0.4, -0.2) is 19.7 Å². The Labute approximate surface area is 178 Å². The molecule has 156 valence electrons. The topological polar surface area (TPSA) is 109 Å². The molecule has 0 spiro atoms. The highest BCUT2D eigenvalue weighted by atomic mass is 32.2. The maximum Gasteiger partial charge on any atom is 0.266 e. The molecule has 3 rings (SSSR count). The largest absolute Gasteiger partial charge is 0.326 e. The second kappa shape index (κ2) is 9.17. The number of aromatic nitrogens is 1. The smallest absolute Gasteiger partial charge is 0.266 e. The summed E-state index contributed by atoms with van der Waals surface area (Å²) < 4.78 is 23.8. The summed E-state index contributed by atoms with van der Waals surface area (Å²) in [6, 6.07) is 12.9. The number of amides is 1. The van der Waals surface area contributed by atoms with Crippen LogP contribution in [0.1, 0.15) is 23.6 Å². The van der Waals surface area contributed by atoms with E-state index in [2.05, 4.69) is 10.3 Å². The molecule has 3 aromatic rings. The van der Waals surface area contributed by atoms with Gasteiger partial charge in [-0.15, -0.1) is 0 Å². The molecule has 0 aliphatic heterocycles. The summed E-state index contributed by atoms with van der Waals surface area (Å²) in [5.74, 6) is -0.190. The Balaban J connectivity index is 2.12. The molecular weight excluding hydrogens is 400 g/mol. The summed E-state index contributed by atoms with van der Waals surface area (Å²) in [6.45, 7) is 5.58. The summed E-state index contributed by atoms with van der Waals surface area (Å²) in [6.07, 6.45) is 3.23. The van der Waals surface area contributed by atoms with Gasteiger partial charge in [0.05, 0.1) is 23.3 Å². The van der Waals surface area contributed by atoms with E-state index < -0.39 is 11.3 Å². The lowest BCUT2D eigenvalue weighted by Crippen LogP contribution is -2.21. The number of anilines is 3. The van der Waals surface area contributed by atoms with E-state index in [1.807, 2.05) is 44.2 Å². The molecule has 0 radical (unpaired) electrons. The summed E-state index contributed by atoms with van der Waals surface area (Å²) in [5, 5.41) is 2.71. The highest BCUT2D eigenvalue weighted by Crippen LogP contribution is 2.35. The molecule has 7 nitrogen and oxygen atoms in total. The van der Waals surface area contributed by atoms with E-state index in [9.17, 15) is 13.6 Å². The first kappa shape index (κ1) is 21.6. The summed E-state index contributed by atoms with van der Waals surface area (Å²) in [7, 11) is 0. The number of nitrogens with zero attached hydrogens (tertiary/aromatic N) is 2. The van der Waals surface area contributed by atoms with Crippen LogP contribution in [0.5, 0.6) is 0 Å². The number of hydrogen-bond acceptors (Lipinski definition) is 4. The van der Waals surface area contributed by atoms with Crippen LogP contribution in [0.2, 0.25) is 0 Å². The number of nitrogens with two attached hydrogens (primary N) is 1. The molecule has 0 bridgehead atoms. The molecule has 4 N–H and O–H groups in total.